The first-order chi connectivity index (χ1) is 14.1. The van der Waals surface area contributed by atoms with E-state index < -0.39 is 0 Å². The maximum Gasteiger partial charge on any atom is 0.231 e. The van der Waals surface area contributed by atoms with E-state index in [0.29, 0.717) is 12.3 Å². The average Bonchev–Trinajstić information content (AvgIpc) is 3.29. The molecule has 2 aromatic rings. The van der Waals surface area contributed by atoms with Crippen molar-refractivity contribution < 1.29 is 14.3 Å². The summed E-state index contributed by atoms with van der Waals surface area (Å²) in [6, 6.07) is 14.8. The van der Waals surface area contributed by atoms with Crippen molar-refractivity contribution in [2.75, 3.05) is 13.3 Å². The smallest absolute Gasteiger partial charge is 0.231 e. The molecule has 1 spiro atoms. The summed E-state index contributed by atoms with van der Waals surface area (Å²) < 4.78 is 11.5. The number of hydrogen-bond donors (Lipinski definition) is 0. The Labute approximate surface area is 174 Å². The Bertz CT molecular complexity index is 1020. The standard InChI is InChI=1S/C24H23NO3S/c1-15-7-8-16-9-23(26)25-13-22(29-17-5-3-2-4-6-17)18-10-20-21(28-14-27-20)11-19(18)24(16,25)12-15/h2-6,10-11,16,22H,1,7-9,12-14H2/t16-,22-,24-/m0/s1. The van der Waals surface area contributed by atoms with Crippen molar-refractivity contribution in [3.05, 3.63) is 65.7 Å². The normalized spacial score (nSPS) is 29.4. The Hall–Kier alpha value is -2.40. The van der Waals surface area contributed by atoms with E-state index >= 15 is 0 Å². The van der Waals surface area contributed by atoms with Crippen molar-refractivity contribution in [2.45, 2.75) is 41.4 Å². The van der Waals surface area contributed by atoms with Crippen LogP contribution in [-0.4, -0.2) is 24.1 Å². The van der Waals surface area contributed by atoms with E-state index in [1.54, 1.807) is 0 Å². The molecular formula is C24H23NO3S. The first-order valence-corrected chi connectivity index (χ1v) is 11.2. The molecule has 4 nitrogen and oxygen atoms in total. The molecule has 3 atom stereocenters. The van der Waals surface area contributed by atoms with Crippen LogP contribution < -0.4 is 9.47 Å². The molecule has 0 N–H and O–H groups in total. The van der Waals surface area contributed by atoms with Crippen LogP contribution in [0.4, 0.5) is 0 Å². The zero-order valence-electron chi connectivity index (χ0n) is 16.2. The maximum atomic E-state index is 13.1. The lowest BCUT2D eigenvalue weighted by atomic mass is 9.65. The van der Waals surface area contributed by atoms with Crippen molar-refractivity contribution in [3.8, 4) is 11.5 Å². The second kappa shape index (κ2) is 6.30. The number of thioether (sulfide) groups is 1. The molecule has 1 amide bonds. The number of carbonyl (C=O) groups excluding carboxylic acids is 1. The molecule has 0 bridgehead atoms. The Morgan fingerprint density at radius 2 is 1.93 bits per heavy atom. The highest BCUT2D eigenvalue weighted by Crippen LogP contribution is 2.60. The summed E-state index contributed by atoms with van der Waals surface area (Å²) >= 11 is 1.83. The second-order valence-electron chi connectivity index (χ2n) is 8.51. The summed E-state index contributed by atoms with van der Waals surface area (Å²) in [4.78, 5) is 16.5. The number of ether oxygens (including phenoxy) is 2. The average molecular weight is 406 g/mol. The van der Waals surface area contributed by atoms with Gasteiger partial charge in [0.2, 0.25) is 12.7 Å². The highest BCUT2D eigenvalue weighted by Gasteiger charge is 2.59. The first-order valence-electron chi connectivity index (χ1n) is 10.3. The molecule has 1 aliphatic carbocycles. The molecule has 1 saturated heterocycles. The van der Waals surface area contributed by atoms with Crippen LogP contribution in [0.3, 0.4) is 0 Å². The fourth-order valence-corrected chi connectivity index (χ4v) is 6.90. The third-order valence-corrected chi connectivity index (χ3v) is 8.20. The number of fused-ring (bicyclic) bond motifs is 2. The van der Waals surface area contributed by atoms with Gasteiger partial charge in [0.1, 0.15) is 0 Å². The zero-order valence-corrected chi connectivity index (χ0v) is 17.0. The maximum absolute atomic E-state index is 13.1. The van der Waals surface area contributed by atoms with Gasteiger partial charge in [-0.3, -0.25) is 4.79 Å². The topological polar surface area (TPSA) is 38.8 Å². The Morgan fingerprint density at radius 1 is 1.14 bits per heavy atom. The first kappa shape index (κ1) is 17.5. The van der Waals surface area contributed by atoms with Gasteiger partial charge >= 0.3 is 0 Å². The molecule has 0 aromatic heterocycles. The van der Waals surface area contributed by atoms with Crippen molar-refractivity contribution in [1.29, 1.82) is 0 Å². The molecule has 2 fully saturated rings. The number of carbonyl (C=O) groups is 1. The van der Waals surface area contributed by atoms with Gasteiger partial charge in [0, 0.05) is 17.9 Å². The minimum atomic E-state index is -0.267. The number of amides is 1. The largest absolute Gasteiger partial charge is 0.454 e. The van der Waals surface area contributed by atoms with E-state index in [1.165, 1.54) is 21.6 Å². The van der Waals surface area contributed by atoms with Gasteiger partial charge in [0.15, 0.2) is 11.5 Å². The monoisotopic (exact) mass is 405 g/mol. The summed E-state index contributed by atoms with van der Waals surface area (Å²) in [5, 5.41) is 0.172. The molecular weight excluding hydrogens is 382 g/mol. The van der Waals surface area contributed by atoms with Gasteiger partial charge in [-0.25, -0.2) is 0 Å². The fourth-order valence-electron chi connectivity index (χ4n) is 5.71. The van der Waals surface area contributed by atoms with Crippen LogP contribution in [0.2, 0.25) is 0 Å². The summed E-state index contributed by atoms with van der Waals surface area (Å²) in [5.41, 5.74) is 3.52. The molecule has 0 radical (unpaired) electrons. The lowest BCUT2D eigenvalue weighted by Crippen LogP contribution is -2.53. The van der Waals surface area contributed by atoms with Crippen molar-refractivity contribution in [2.24, 2.45) is 5.92 Å². The number of nitrogens with zero attached hydrogens (tertiary/aromatic N) is 1. The molecule has 0 unspecified atom stereocenters. The summed E-state index contributed by atoms with van der Waals surface area (Å²) in [6.07, 6.45) is 3.56. The second-order valence-corrected chi connectivity index (χ2v) is 9.78. The minimum Gasteiger partial charge on any atom is -0.454 e. The van der Waals surface area contributed by atoms with Crippen LogP contribution in [-0.2, 0) is 10.3 Å². The van der Waals surface area contributed by atoms with Gasteiger partial charge in [0.05, 0.1) is 10.8 Å². The Kier molecular flexibility index (Phi) is 3.79. The van der Waals surface area contributed by atoms with Gasteiger partial charge in [-0.1, -0.05) is 30.4 Å². The zero-order chi connectivity index (χ0) is 19.6. The van der Waals surface area contributed by atoms with Crippen LogP contribution in [0.5, 0.6) is 11.5 Å². The van der Waals surface area contributed by atoms with Crippen molar-refractivity contribution in [1.82, 2.24) is 4.90 Å². The van der Waals surface area contributed by atoms with Crippen LogP contribution in [0.1, 0.15) is 42.1 Å². The summed E-state index contributed by atoms with van der Waals surface area (Å²) in [6.45, 7) is 5.31. The molecule has 1 saturated carbocycles. The fraction of sp³-hybridized carbons (Fsp3) is 0.375. The van der Waals surface area contributed by atoms with Gasteiger partial charge in [-0.2, -0.15) is 0 Å². The molecule has 148 valence electrons. The van der Waals surface area contributed by atoms with Gasteiger partial charge in [0.25, 0.3) is 0 Å². The van der Waals surface area contributed by atoms with E-state index in [0.717, 1.165) is 37.3 Å². The van der Waals surface area contributed by atoms with Crippen LogP contribution in [0, 0.1) is 5.92 Å². The van der Waals surface area contributed by atoms with E-state index in [2.05, 4.69) is 47.9 Å². The van der Waals surface area contributed by atoms with Gasteiger partial charge in [-0.05, 0) is 60.6 Å². The lowest BCUT2D eigenvalue weighted by molar-refractivity contribution is -0.132. The predicted octanol–water partition coefficient (Wildman–Crippen LogP) is 5.05. The van der Waals surface area contributed by atoms with E-state index in [4.69, 9.17) is 9.47 Å². The highest BCUT2D eigenvalue weighted by atomic mass is 32.2. The number of hydrogen-bond acceptors (Lipinski definition) is 4. The minimum absolute atomic E-state index is 0.172. The van der Waals surface area contributed by atoms with Crippen LogP contribution in [0.25, 0.3) is 0 Å². The summed E-state index contributed by atoms with van der Waals surface area (Å²) in [5.74, 6) is 2.26. The Morgan fingerprint density at radius 3 is 2.76 bits per heavy atom. The van der Waals surface area contributed by atoms with Gasteiger partial charge in [-0.15, -0.1) is 11.8 Å². The van der Waals surface area contributed by atoms with E-state index in [1.807, 2.05) is 17.8 Å². The molecule has 6 rings (SSSR count). The predicted molar refractivity (Wildman–Crippen MR) is 112 cm³/mol. The highest BCUT2D eigenvalue weighted by molar-refractivity contribution is 7.99. The quantitative estimate of drug-likeness (QED) is 0.656. The molecule has 3 aliphatic heterocycles. The van der Waals surface area contributed by atoms with E-state index in [9.17, 15) is 4.79 Å². The van der Waals surface area contributed by atoms with Crippen LogP contribution >= 0.6 is 11.8 Å². The molecule has 5 heteroatoms. The lowest BCUT2D eigenvalue weighted by Gasteiger charge is -2.51. The van der Waals surface area contributed by atoms with Crippen LogP contribution in [0.15, 0.2) is 59.5 Å². The number of rotatable bonds is 2. The summed E-state index contributed by atoms with van der Waals surface area (Å²) in [7, 11) is 0. The van der Waals surface area contributed by atoms with E-state index in [-0.39, 0.29) is 23.5 Å². The number of benzene rings is 2. The Balaban J connectivity index is 1.53. The molecule has 29 heavy (non-hydrogen) atoms. The molecule has 4 aliphatic rings. The third-order valence-electron chi connectivity index (χ3n) is 6.97. The molecule has 3 heterocycles. The SMILES string of the molecule is C=C1CC[C@H]2CC(=O)N3C[C@H](Sc4ccccc4)c4cc5c(cc4[C@]23C1)OCO5. The van der Waals surface area contributed by atoms with Gasteiger partial charge < -0.3 is 14.4 Å². The van der Waals surface area contributed by atoms with Crippen molar-refractivity contribution >= 4 is 17.7 Å². The third kappa shape index (κ3) is 2.49. The van der Waals surface area contributed by atoms with Crippen molar-refractivity contribution in [3.63, 3.8) is 0 Å². The molecule has 2 aromatic carbocycles.